The summed E-state index contributed by atoms with van der Waals surface area (Å²) in [6.45, 7) is 0. The Kier molecular flexibility index (Phi) is 3.61. The molecule has 0 aliphatic heterocycles. The minimum atomic E-state index is 0.922. The van der Waals surface area contributed by atoms with Gasteiger partial charge in [-0.3, -0.25) is 4.98 Å². The van der Waals surface area contributed by atoms with E-state index in [1.165, 1.54) is 27.8 Å². The quantitative estimate of drug-likeness (QED) is 0.623. The van der Waals surface area contributed by atoms with Crippen LogP contribution in [0.5, 0.6) is 0 Å². The van der Waals surface area contributed by atoms with Crippen molar-refractivity contribution in [2.45, 2.75) is 6.42 Å². The van der Waals surface area contributed by atoms with E-state index in [2.05, 4.69) is 83.9 Å². The molecule has 0 saturated heterocycles. The molecule has 3 aromatic rings. The van der Waals surface area contributed by atoms with Crippen LogP contribution in [0.3, 0.4) is 0 Å². The first-order chi connectivity index (χ1) is 11.4. The van der Waals surface area contributed by atoms with E-state index < -0.39 is 0 Å². The van der Waals surface area contributed by atoms with Crippen LogP contribution < -0.4 is 0 Å². The van der Waals surface area contributed by atoms with Crippen molar-refractivity contribution in [2.24, 2.45) is 0 Å². The smallest absolute Gasteiger partial charge is 0.0671 e. The average molecular weight is 295 g/mol. The lowest BCUT2D eigenvalue weighted by atomic mass is 9.92. The van der Waals surface area contributed by atoms with E-state index in [4.69, 9.17) is 0 Å². The highest BCUT2D eigenvalue weighted by atomic mass is 14.7. The van der Waals surface area contributed by atoms with Crippen molar-refractivity contribution in [3.63, 3.8) is 0 Å². The van der Waals surface area contributed by atoms with Crippen molar-refractivity contribution in [3.05, 3.63) is 108 Å². The molecule has 0 atom stereocenters. The molecule has 1 heterocycles. The molecule has 110 valence electrons. The van der Waals surface area contributed by atoms with Gasteiger partial charge in [0.1, 0.15) is 0 Å². The van der Waals surface area contributed by atoms with Crippen LogP contribution >= 0.6 is 0 Å². The molecule has 2 aromatic carbocycles. The summed E-state index contributed by atoms with van der Waals surface area (Å²) in [4.78, 5) is 4.57. The zero-order valence-corrected chi connectivity index (χ0v) is 12.8. The van der Waals surface area contributed by atoms with Gasteiger partial charge in [-0.1, -0.05) is 72.8 Å². The van der Waals surface area contributed by atoms with E-state index in [1.807, 2.05) is 12.3 Å². The van der Waals surface area contributed by atoms with Gasteiger partial charge in [-0.25, -0.2) is 0 Å². The highest BCUT2D eigenvalue weighted by Crippen LogP contribution is 2.43. The van der Waals surface area contributed by atoms with Crippen LogP contribution in [-0.2, 0) is 0 Å². The van der Waals surface area contributed by atoms with E-state index >= 15 is 0 Å². The maximum absolute atomic E-state index is 4.57. The van der Waals surface area contributed by atoms with Gasteiger partial charge in [0, 0.05) is 6.20 Å². The number of aromatic nitrogens is 1. The van der Waals surface area contributed by atoms with Gasteiger partial charge in [0.15, 0.2) is 0 Å². The summed E-state index contributed by atoms with van der Waals surface area (Å²) in [6, 6.07) is 27.3. The Morgan fingerprint density at radius 2 is 1.30 bits per heavy atom. The first-order valence-electron chi connectivity index (χ1n) is 7.89. The van der Waals surface area contributed by atoms with Gasteiger partial charge >= 0.3 is 0 Å². The molecule has 0 spiro atoms. The lowest BCUT2D eigenvalue weighted by Gasteiger charge is -2.13. The van der Waals surface area contributed by atoms with Crippen LogP contribution in [0, 0.1) is 0 Å². The summed E-state index contributed by atoms with van der Waals surface area (Å²) in [5.74, 6) is 0. The number of hydrogen-bond donors (Lipinski definition) is 0. The molecule has 0 fully saturated rings. The summed E-state index contributed by atoms with van der Waals surface area (Å²) < 4.78 is 0. The topological polar surface area (TPSA) is 12.9 Å². The molecule has 0 N–H and O–H groups in total. The molecule has 1 aliphatic carbocycles. The van der Waals surface area contributed by atoms with Crippen molar-refractivity contribution in [2.75, 3.05) is 0 Å². The number of hydrogen-bond acceptors (Lipinski definition) is 1. The highest BCUT2D eigenvalue weighted by molar-refractivity contribution is 6.17. The molecular formula is C22H17N. The lowest BCUT2D eigenvalue weighted by molar-refractivity contribution is 1.24. The molecule has 1 aliphatic rings. The van der Waals surface area contributed by atoms with E-state index in [0.29, 0.717) is 0 Å². The second-order valence-corrected chi connectivity index (χ2v) is 5.62. The standard InChI is InChI=1S/C22H17N/c1-3-9-17(10-4-1)19-14-15-20(21-13-7-8-16-23-21)22(19)18-11-5-2-6-12-18/h1-14,16H,15H2. The molecule has 4 rings (SSSR count). The zero-order valence-electron chi connectivity index (χ0n) is 12.8. The second kappa shape index (κ2) is 6.05. The average Bonchev–Trinajstić information content (AvgIpc) is 3.09. The summed E-state index contributed by atoms with van der Waals surface area (Å²) in [5, 5.41) is 0. The SMILES string of the molecule is C1=C(c2ccccc2)C(c2ccccc2)=C(c2ccccn2)C1. The Hall–Kier alpha value is -2.93. The van der Waals surface area contributed by atoms with Crippen LogP contribution in [0.4, 0.5) is 0 Å². The molecule has 1 heteroatoms. The van der Waals surface area contributed by atoms with E-state index in [9.17, 15) is 0 Å². The molecule has 1 aromatic heterocycles. The van der Waals surface area contributed by atoms with Crippen LogP contribution in [0.1, 0.15) is 23.2 Å². The summed E-state index contributed by atoms with van der Waals surface area (Å²) in [7, 11) is 0. The first kappa shape index (κ1) is 13.7. The van der Waals surface area contributed by atoms with Crippen molar-refractivity contribution in [1.82, 2.24) is 4.98 Å². The number of allylic oxidation sites excluding steroid dienone is 4. The Morgan fingerprint density at radius 3 is 1.96 bits per heavy atom. The van der Waals surface area contributed by atoms with Gasteiger partial charge in [-0.05, 0) is 46.4 Å². The van der Waals surface area contributed by atoms with Gasteiger partial charge < -0.3 is 0 Å². The Labute approximate surface area is 136 Å². The zero-order chi connectivity index (χ0) is 15.5. The largest absolute Gasteiger partial charge is 0.257 e. The molecule has 0 amide bonds. The molecule has 0 radical (unpaired) electrons. The minimum Gasteiger partial charge on any atom is -0.257 e. The van der Waals surface area contributed by atoms with Gasteiger partial charge in [-0.15, -0.1) is 0 Å². The Morgan fingerprint density at radius 1 is 0.652 bits per heavy atom. The lowest BCUT2D eigenvalue weighted by Crippen LogP contribution is -1.92. The normalized spacial score (nSPS) is 14.0. The van der Waals surface area contributed by atoms with Crippen molar-refractivity contribution in [3.8, 4) is 0 Å². The van der Waals surface area contributed by atoms with Crippen molar-refractivity contribution < 1.29 is 0 Å². The molecule has 0 unspecified atom stereocenters. The Balaban J connectivity index is 1.91. The predicted molar refractivity (Wildman–Crippen MR) is 96.5 cm³/mol. The third-order valence-corrected chi connectivity index (χ3v) is 4.20. The summed E-state index contributed by atoms with van der Waals surface area (Å²) in [6.07, 6.45) is 5.11. The number of pyridine rings is 1. The summed E-state index contributed by atoms with van der Waals surface area (Å²) >= 11 is 0. The fourth-order valence-corrected chi connectivity index (χ4v) is 3.16. The van der Waals surface area contributed by atoms with Crippen LogP contribution in [0.2, 0.25) is 0 Å². The molecule has 1 nitrogen and oxygen atoms in total. The van der Waals surface area contributed by atoms with Gasteiger partial charge in [-0.2, -0.15) is 0 Å². The number of rotatable bonds is 3. The third kappa shape index (κ3) is 2.62. The second-order valence-electron chi connectivity index (χ2n) is 5.62. The maximum Gasteiger partial charge on any atom is 0.0671 e. The fourth-order valence-electron chi connectivity index (χ4n) is 3.16. The van der Waals surface area contributed by atoms with Gasteiger partial charge in [0.25, 0.3) is 0 Å². The summed E-state index contributed by atoms with van der Waals surface area (Å²) in [5.41, 5.74) is 7.48. The molecule has 0 saturated carbocycles. The monoisotopic (exact) mass is 295 g/mol. The number of benzene rings is 2. The van der Waals surface area contributed by atoms with Crippen LogP contribution in [0.25, 0.3) is 16.7 Å². The van der Waals surface area contributed by atoms with Crippen molar-refractivity contribution in [1.29, 1.82) is 0 Å². The highest BCUT2D eigenvalue weighted by Gasteiger charge is 2.22. The van der Waals surface area contributed by atoms with E-state index in [0.717, 1.165) is 12.1 Å². The van der Waals surface area contributed by atoms with E-state index in [-0.39, 0.29) is 0 Å². The molecule has 0 bridgehead atoms. The maximum atomic E-state index is 4.57. The molecule has 23 heavy (non-hydrogen) atoms. The van der Waals surface area contributed by atoms with Gasteiger partial charge in [0.2, 0.25) is 0 Å². The molecular weight excluding hydrogens is 278 g/mol. The first-order valence-corrected chi connectivity index (χ1v) is 7.89. The van der Waals surface area contributed by atoms with Crippen molar-refractivity contribution >= 4 is 16.7 Å². The van der Waals surface area contributed by atoms with Crippen LogP contribution in [0.15, 0.2) is 91.1 Å². The minimum absolute atomic E-state index is 0.922. The van der Waals surface area contributed by atoms with Crippen LogP contribution in [-0.4, -0.2) is 4.98 Å². The number of nitrogens with zero attached hydrogens (tertiary/aromatic N) is 1. The van der Waals surface area contributed by atoms with Gasteiger partial charge in [0.05, 0.1) is 5.69 Å². The Bertz CT molecular complexity index is 860. The predicted octanol–water partition coefficient (Wildman–Crippen LogP) is 5.48. The third-order valence-electron chi connectivity index (χ3n) is 4.20. The fraction of sp³-hybridized carbons (Fsp3) is 0.0455. The van der Waals surface area contributed by atoms with E-state index in [1.54, 1.807) is 0 Å².